The van der Waals surface area contributed by atoms with E-state index in [0.717, 1.165) is 12.2 Å². The molecule has 1 aromatic carbocycles. The van der Waals surface area contributed by atoms with Crippen molar-refractivity contribution in [3.05, 3.63) is 41.7 Å². The molecule has 2 aromatic rings. The molecule has 1 aliphatic rings. The maximum Gasteiger partial charge on any atom is 0.239 e. The number of rotatable bonds is 3. The van der Waals surface area contributed by atoms with Crippen LogP contribution in [0.4, 0.5) is 5.82 Å². The summed E-state index contributed by atoms with van der Waals surface area (Å²) in [5.41, 5.74) is 5.23. The molecule has 0 saturated heterocycles. The number of anilines is 1. The van der Waals surface area contributed by atoms with E-state index in [-0.39, 0.29) is 0 Å². The third-order valence-corrected chi connectivity index (χ3v) is 3.05. The van der Waals surface area contributed by atoms with Crippen LogP contribution in [0.1, 0.15) is 17.5 Å². The molecule has 3 N–H and O–H groups in total. The second-order valence-corrected chi connectivity index (χ2v) is 4.27. The molecule has 0 spiro atoms. The van der Waals surface area contributed by atoms with E-state index < -0.39 is 0 Å². The Labute approximate surface area is 105 Å². The Morgan fingerprint density at radius 2 is 2.06 bits per heavy atom. The largest absolute Gasteiger partial charge is 0.437 e. The average Bonchev–Trinajstić information content (AvgIpc) is 2.86. The third kappa shape index (κ3) is 2.12. The minimum Gasteiger partial charge on any atom is -0.437 e. The van der Waals surface area contributed by atoms with E-state index in [1.54, 1.807) is 6.20 Å². The quantitative estimate of drug-likeness (QED) is 0.636. The topological polar surface area (TPSA) is 73.1 Å². The molecule has 1 aromatic heterocycles. The Morgan fingerprint density at radius 1 is 1.17 bits per heavy atom. The predicted octanol–water partition coefficient (Wildman–Crippen LogP) is 2.04. The molecule has 0 radical (unpaired) electrons. The third-order valence-electron chi connectivity index (χ3n) is 3.05. The lowest BCUT2D eigenvalue weighted by atomic mass is 10.1. The highest BCUT2D eigenvalue weighted by Crippen LogP contribution is 2.28. The first-order chi connectivity index (χ1) is 8.85. The molecule has 18 heavy (non-hydrogen) atoms. The van der Waals surface area contributed by atoms with Crippen molar-refractivity contribution >= 4 is 5.82 Å². The molecule has 0 fully saturated rings. The maximum atomic E-state index is 5.68. The van der Waals surface area contributed by atoms with Gasteiger partial charge in [-0.2, -0.15) is 4.98 Å². The lowest BCUT2D eigenvalue weighted by Gasteiger charge is -2.07. The first kappa shape index (κ1) is 11.0. The molecule has 0 atom stereocenters. The molecule has 5 heteroatoms. The summed E-state index contributed by atoms with van der Waals surface area (Å²) < 4.78 is 5.68. The number of aromatic nitrogens is 2. The zero-order valence-electron chi connectivity index (χ0n) is 9.89. The summed E-state index contributed by atoms with van der Waals surface area (Å²) in [6.45, 7) is 0. The van der Waals surface area contributed by atoms with Crippen LogP contribution in [0.25, 0.3) is 0 Å². The number of hydrazine groups is 1. The number of fused-ring (bicyclic) bond motifs is 1. The van der Waals surface area contributed by atoms with Gasteiger partial charge in [0, 0.05) is 0 Å². The van der Waals surface area contributed by atoms with E-state index >= 15 is 0 Å². The Bertz CT molecular complexity index is 571. The highest BCUT2D eigenvalue weighted by atomic mass is 16.5. The van der Waals surface area contributed by atoms with Crippen LogP contribution < -0.4 is 16.0 Å². The summed E-state index contributed by atoms with van der Waals surface area (Å²) in [5, 5.41) is 0. The Morgan fingerprint density at radius 3 is 2.94 bits per heavy atom. The Balaban J connectivity index is 1.83. The van der Waals surface area contributed by atoms with Gasteiger partial charge in [0.05, 0.1) is 12.4 Å². The summed E-state index contributed by atoms with van der Waals surface area (Å²) in [7, 11) is 0. The summed E-state index contributed by atoms with van der Waals surface area (Å²) in [4.78, 5) is 8.15. The number of hydrogen-bond donors (Lipinski definition) is 2. The van der Waals surface area contributed by atoms with Gasteiger partial charge in [0.1, 0.15) is 5.75 Å². The highest BCUT2D eigenvalue weighted by Gasteiger charge is 2.11. The zero-order valence-corrected chi connectivity index (χ0v) is 9.89. The first-order valence-electron chi connectivity index (χ1n) is 5.93. The van der Waals surface area contributed by atoms with Gasteiger partial charge in [-0.3, -0.25) is 4.98 Å². The molecule has 0 unspecified atom stereocenters. The molecular weight excluding hydrogens is 228 g/mol. The van der Waals surface area contributed by atoms with Gasteiger partial charge >= 0.3 is 0 Å². The van der Waals surface area contributed by atoms with Crippen LogP contribution in [0.2, 0.25) is 0 Å². The van der Waals surface area contributed by atoms with Crippen molar-refractivity contribution in [2.75, 3.05) is 5.43 Å². The van der Waals surface area contributed by atoms with Crippen molar-refractivity contribution in [2.24, 2.45) is 5.84 Å². The van der Waals surface area contributed by atoms with Crippen LogP contribution in [0, 0.1) is 0 Å². The number of nitrogen functional groups attached to an aromatic ring is 1. The standard InChI is InChI=1S/C13H14N4O/c14-17-12-7-15-8-13(16-12)18-11-5-4-9-2-1-3-10(9)6-11/h4-8H,1-3,14H2,(H,16,17). The second kappa shape index (κ2) is 4.62. The molecule has 0 bridgehead atoms. The van der Waals surface area contributed by atoms with Crippen molar-refractivity contribution in [1.82, 2.24) is 9.97 Å². The summed E-state index contributed by atoms with van der Waals surface area (Å²) >= 11 is 0. The number of ether oxygens (including phenoxy) is 1. The average molecular weight is 242 g/mol. The first-order valence-corrected chi connectivity index (χ1v) is 5.93. The minimum absolute atomic E-state index is 0.434. The van der Waals surface area contributed by atoms with Crippen LogP contribution in [0.15, 0.2) is 30.6 Å². The van der Waals surface area contributed by atoms with Gasteiger partial charge in [-0.25, -0.2) is 5.84 Å². The van der Waals surface area contributed by atoms with Gasteiger partial charge in [-0.15, -0.1) is 0 Å². The van der Waals surface area contributed by atoms with Gasteiger partial charge in [0.25, 0.3) is 0 Å². The van der Waals surface area contributed by atoms with Gasteiger partial charge in [0.2, 0.25) is 5.88 Å². The van der Waals surface area contributed by atoms with Gasteiger partial charge in [0.15, 0.2) is 5.82 Å². The van der Waals surface area contributed by atoms with Crippen LogP contribution in [0.5, 0.6) is 11.6 Å². The maximum absolute atomic E-state index is 5.68. The zero-order chi connectivity index (χ0) is 12.4. The van der Waals surface area contributed by atoms with Crippen LogP contribution in [-0.2, 0) is 12.8 Å². The molecule has 0 aliphatic heterocycles. The molecular formula is C13H14N4O. The molecule has 0 saturated carbocycles. The number of nitrogens with zero attached hydrogens (tertiary/aromatic N) is 2. The summed E-state index contributed by atoms with van der Waals surface area (Å²) in [5.74, 6) is 6.98. The number of aryl methyl sites for hydroxylation is 2. The van der Waals surface area contributed by atoms with Crippen LogP contribution >= 0.6 is 0 Å². The van der Waals surface area contributed by atoms with E-state index in [0.29, 0.717) is 11.7 Å². The van der Waals surface area contributed by atoms with Crippen LogP contribution in [-0.4, -0.2) is 9.97 Å². The predicted molar refractivity (Wildman–Crippen MR) is 68.4 cm³/mol. The fraction of sp³-hybridized carbons (Fsp3) is 0.231. The van der Waals surface area contributed by atoms with Crippen molar-refractivity contribution in [3.8, 4) is 11.6 Å². The minimum atomic E-state index is 0.434. The number of hydrogen-bond acceptors (Lipinski definition) is 5. The lowest BCUT2D eigenvalue weighted by Crippen LogP contribution is -2.09. The Hall–Kier alpha value is -2.14. The monoisotopic (exact) mass is 242 g/mol. The van der Waals surface area contributed by atoms with E-state index in [9.17, 15) is 0 Å². The summed E-state index contributed by atoms with van der Waals surface area (Å²) in [6.07, 6.45) is 6.62. The fourth-order valence-electron chi connectivity index (χ4n) is 2.20. The number of nitrogens with two attached hydrogens (primary N) is 1. The van der Waals surface area contributed by atoms with Gasteiger partial charge in [-0.1, -0.05) is 6.07 Å². The van der Waals surface area contributed by atoms with E-state index in [2.05, 4.69) is 27.5 Å². The normalized spacial score (nSPS) is 13.2. The fourth-order valence-corrected chi connectivity index (χ4v) is 2.20. The molecule has 0 amide bonds. The molecule has 3 rings (SSSR count). The van der Waals surface area contributed by atoms with E-state index in [4.69, 9.17) is 10.6 Å². The lowest BCUT2D eigenvalue weighted by molar-refractivity contribution is 0.460. The highest BCUT2D eigenvalue weighted by molar-refractivity contribution is 5.40. The van der Waals surface area contributed by atoms with Crippen molar-refractivity contribution < 1.29 is 4.74 Å². The van der Waals surface area contributed by atoms with Gasteiger partial charge < -0.3 is 10.2 Å². The second-order valence-electron chi connectivity index (χ2n) is 4.27. The van der Waals surface area contributed by atoms with E-state index in [1.807, 2.05) is 6.07 Å². The Kier molecular flexibility index (Phi) is 2.82. The number of benzene rings is 1. The smallest absolute Gasteiger partial charge is 0.239 e. The molecule has 1 aliphatic carbocycles. The molecule has 1 heterocycles. The van der Waals surface area contributed by atoms with Crippen LogP contribution in [0.3, 0.4) is 0 Å². The molecule has 5 nitrogen and oxygen atoms in total. The van der Waals surface area contributed by atoms with Gasteiger partial charge in [-0.05, 0) is 42.5 Å². The van der Waals surface area contributed by atoms with Crippen molar-refractivity contribution in [3.63, 3.8) is 0 Å². The van der Waals surface area contributed by atoms with Crippen molar-refractivity contribution in [1.29, 1.82) is 0 Å². The molecule has 92 valence electrons. The van der Waals surface area contributed by atoms with Crippen molar-refractivity contribution in [2.45, 2.75) is 19.3 Å². The van der Waals surface area contributed by atoms with E-state index in [1.165, 1.54) is 30.2 Å². The number of nitrogens with one attached hydrogen (secondary N) is 1. The summed E-state index contributed by atoms with van der Waals surface area (Å²) in [6, 6.07) is 6.16. The SMILES string of the molecule is NNc1cncc(Oc2ccc3c(c2)CCC3)n1.